The number of nitrogens with zero attached hydrogens (tertiary/aromatic N) is 2. The molecule has 2 N–H and O–H groups in total. The molecule has 0 aliphatic heterocycles. The van der Waals surface area contributed by atoms with Crippen molar-refractivity contribution in [1.29, 1.82) is 0 Å². The molecule has 0 saturated heterocycles. The summed E-state index contributed by atoms with van der Waals surface area (Å²) in [5.74, 6) is -0.411. The monoisotopic (exact) mass is 213 g/mol. The average Bonchev–Trinajstić information content (AvgIpc) is 2.67. The van der Waals surface area contributed by atoms with Gasteiger partial charge in [0.2, 0.25) is 6.39 Å². The minimum absolute atomic E-state index is 0.291. The van der Waals surface area contributed by atoms with E-state index in [4.69, 9.17) is 5.11 Å². The highest BCUT2D eigenvalue weighted by molar-refractivity contribution is 5.78. The number of rotatable bonds is 6. The van der Waals surface area contributed by atoms with Gasteiger partial charge >= 0.3 is 5.97 Å². The molecule has 0 aliphatic rings. The lowest BCUT2D eigenvalue weighted by molar-refractivity contribution is -0.144. The Kier molecular flexibility index (Phi) is 3.79. The fraction of sp³-hybridized carbons (Fsp3) is 0.667. The molecule has 0 bridgehead atoms. The van der Waals surface area contributed by atoms with E-state index < -0.39 is 11.5 Å². The molecule has 0 aliphatic carbocycles. The largest absolute Gasteiger partial charge is 0.480 e. The van der Waals surface area contributed by atoms with Crippen molar-refractivity contribution >= 4 is 5.97 Å². The molecule has 84 valence electrons. The van der Waals surface area contributed by atoms with Crippen LogP contribution in [0.25, 0.3) is 0 Å². The van der Waals surface area contributed by atoms with Crippen LogP contribution in [0.1, 0.15) is 32.5 Å². The van der Waals surface area contributed by atoms with Gasteiger partial charge in [0.1, 0.15) is 5.54 Å². The molecule has 6 nitrogen and oxygen atoms in total. The number of aliphatic carboxylic acids is 1. The normalized spacial score (nSPS) is 14.8. The molecular weight excluding hydrogens is 198 g/mol. The van der Waals surface area contributed by atoms with Crippen molar-refractivity contribution in [3.8, 4) is 0 Å². The zero-order valence-corrected chi connectivity index (χ0v) is 8.86. The minimum Gasteiger partial charge on any atom is -0.480 e. The summed E-state index contributed by atoms with van der Waals surface area (Å²) in [7, 11) is 0. The SMILES string of the molecule is CCCC(C)(NCc1ncon1)C(=O)O. The van der Waals surface area contributed by atoms with Crippen LogP contribution in [-0.2, 0) is 11.3 Å². The first-order valence-corrected chi connectivity index (χ1v) is 4.82. The second kappa shape index (κ2) is 4.88. The van der Waals surface area contributed by atoms with Gasteiger partial charge in [0.25, 0.3) is 0 Å². The van der Waals surface area contributed by atoms with Crippen molar-refractivity contribution < 1.29 is 14.4 Å². The number of hydrogen-bond acceptors (Lipinski definition) is 5. The van der Waals surface area contributed by atoms with E-state index in [1.54, 1.807) is 6.92 Å². The molecule has 15 heavy (non-hydrogen) atoms. The van der Waals surface area contributed by atoms with Gasteiger partial charge in [0.15, 0.2) is 5.82 Å². The summed E-state index contributed by atoms with van der Waals surface area (Å²) in [4.78, 5) is 14.8. The molecular formula is C9H15N3O3. The van der Waals surface area contributed by atoms with E-state index in [0.29, 0.717) is 18.8 Å². The van der Waals surface area contributed by atoms with E-state index in [1.807, 2.05) is 6.92 Å². The summed E-state index contributed by atoms with van der Waals surface area (Å²) >= 11 is 0. The predicted molar refractivity (Wildman–Crippen MR) is 52.1 cm³/mol. The Balaban J connectivity index is 2.56. The lowest BCUT2D eigenvalue weighted by Crippen LogP contribution is -2.49. The lowest BCUT2D eigenvalue weighted by atomic mass is 9.96. The van der Waals surface area contributed by atoms with Gasteiger partial charge in [-0.15, -0.1) is 0 Å². The molecule has 1 aromatic rings. The fourth-order valence-corrected chi connectivity index (χ4v) is 1.32. The zero-order valence-electron chi connectivity index (χ0n) is 8.86. The van der Waals surface area contributed by atoms with Crippen LogP contribution in [-0.4, -0.2) is 26.8 Å². The standard InChI is InChI=1S/C9H15N3O3/c1-3-4-9(2,8(13)14)11-5-7-10-6-15-12-7/h6,11H,3-5H2,1-2H3,(H,13,14). The van der Waals surface area contributed by atoms with Crippen molar-refractivity contribution in [2.75, 3.05) is 0 Å². The van der Waals surface area contributed by atoms with E-state index in [-0.39, 0.29) is 0 Å². The lowest BCUT2D eigenvalue weighted by Gasteiger charge is -2.24. The summed E-state index contributed by atoms with van der Waals surface area (Å²) in [6.45, 7) is 3.88. The van der Waals surface area contributed by atoms with E-state index in [9.17, 15) is 4.79 Å². The molecule has 0 aromatic carbocycles. The maximum absolute atomic E-state index is 11.0. The van der Waals surface area contributed by atoms with E-state index >= 15 is 0 Å². The highest BCUT2D eigenvalue weighted by atomic mass is 16.5. The first-order chi connectivity index (χ1) is 7.08. The zero-order chi connectivity index (χ0) is 11.3. The molecule has 0 spiro atoms. The third-order valence-corrected chi connectivity index (χ3v) is 2.27. The Hall–Kier alpha value is -1.43. The number of carbonyl (C=O) groups is 1. The van der Waals surface area contributed by atoms with Gasteiger partial charge in [-0.1, -0.05) is 18.5 Å². The molecule has 0 amide bonds. The van der Waals surface area contributed by atoms with Gasteiger partial charge in [0.05, 0.1) is 6.54 Å². The first kappa shape index (κ1) is 11.6. The van der Waals surface area contributed by atoms with Gasteiger partial charge in [-0.3, -0.25) is 10.1 Å². The van der Waals surface area contributed by atoms with Crippen molar-refractivity contribution in [2.45, 2.75) is 38.8 Å². The highest BCUT2D eigenvalue weighted by Crippen LogP contribution is 2.13. The maximum atomic E-state index is 11.0. The van der Waals surface area contributed by atoms with Crippen molar-refractivity contribution in [1.82, 2.24) is 15.5 Å². The van der Waals surface area contributed by atoms with Gasteiger partial charge in [-0.25, -0.2) is 0 Å². The maximum Gasteiger partial charge on any atom is 0.323 e. The number of aromatic nitrogens is 2. The van der Waals surface area contributed by atoms with E-state index in [0.717, 1.165) is 6.42 Å². The van der Waals surface area contributed by atoms with Gasteiger partial charge < -0.3 is 9.63 Å². The van der Waals surface area contributed by atoms with Crippen molar-refractivity contribution in [3.05, 3.63) is 12.2 Å². The minimum atomic E-state index is -0.935. The van der Waals surface area contributed by atoms with Crippen LogP contribution in [0.4, 0.5) is 0 Å². The molecule has 0 fully saturated rings. The third-order valence-electron chi connectivity index (χ3n) is 2.27. The molecule has 0 radical (unpaired) electrons. The molecule has 1 aromatic heterocycles. The smallest absolute Gasteiger partial charge is 0.323 e. The van der Waals surface area contributed by atoms with E-state index in [2.05, 4.69) is 20.0 Å². The van der Waals surface area contributed by atoms with Crippen LogP contribution in [0.2, 0.25) is 0 Å². The number of nitrogens with one attached hydrogen (secondary N) is 1. The quantitative estimate of drug-likeness (QED) is 0.726. The summed E-state index contributed by atoms with van der Waals surface area (Å²) in [6.07, 6.45) is 2.57. The Morgan fingerprint density at radius 1 is 1.73 bits per heavy atom. The summed E-state index contributed by atoms with van der Waals surface area (Å²) in [6, 6.07) is 0. The van der Waals surface area contributed by atoms with Crippen LogP contribution in [0.5, 0.6) is 0 Å². The van der Waals surface area contributed by atoms with Gasteiger partial charge in [-0.05, 0) is 13.3 Å². The number of carboxylic acids is 1. The molecule has 0 saturated carbocycles. The molecule has 1 rings (SSSR count). The fourth-order valence-electron chi connectivity index (χ4n) is 1.32. The Bertz CT molecular complexity index is 312. The first-order valence-electron chi connectivity index (χ1n) is 4.82. The topological polar surface area (TPSA) is 88.3 Å². The summed E-state index contributed by atoms with van der Waals surface area (Å²) in [5, 5.41) is 15.6. The number of hydrogen-bond donors (Lipinski definition) is 2. The van der Waals surface area contributed by atoms with Crippen LogP contribution in [0.3, 0.4) is 0 Å². The second-order valence-corrected chi connectivity index (χ2v) is 3.59. The van der Waals surface area contributed by atoms with Crippen LogP contribution in [0, 0.1) is 0 Å². The van der Waals surface area contributed by atoms with E-state index in [1.165, 1.54) is 6.39 Å². The summed E-state index contributed by atoms with van der Waals surface area (Å²) < 4.78 is 4.55. The average molecular weight is 213 g/mol. The van der Waals surface area contributed by atoms with Gasteiger partial charge in [-0.2, -0.15) is 4.98 Å². The third kappa shape index (κ3) is 3.02. The van der Waals surface area contributed by atoms with Crippen LogP contribution >= 0.6 is 0 Å². The molecule has 1 unspecified atom stereocenters. The van der Waals surface area contributed by atoms with Crippen LogP contribution in [0.15, 0.2) is 10.9 Å². The predicted octanol–water partition coefficient (Wildman–Crippen LogP) is 0.803. The van der Waals surface area contributed by atoms with Crippen molar-refractivity contribution in [2.24, 2.45) is 0 Å². The second-order valence-electron chi connectivity index (χ2n) is 3.59. The van der Waals surface area contributed by atoms with Crippen LogP contribution < -0.4 is 5.32 Å². The Morgan fingerprint density at radius 3 is 2.93 bits per heavy atom. The number of carboxylic acid groups (broad SMARTS) is 1. The highest BCUT2D eigenvalue weighted by Gasteiger charge is 2.31. The molecule has 1 heterocycles. The van der Waals surface area contributed by atoms with Gasteiger partial charge in [0, 0.05) is 0 Å². The Labute approximate surface area is 87.7 Å². The van der Waals surface area contributed by atoms with Crippen molar-refractivity contribution in [3.63, 3.8) is 0 Å². The summed E-state index contributed by atoms with van der Waals surface area (Å²) in [5.41, 5.74) is -0.935. The molecule has 1 atom stereocenters. The molecule has 6 heteroatoms. The Morgan fingerprint density at radius 2 is 2.47 bits per heavy atom.